The summed E-state index contributed by atoms with van der Waals surface area (Å²) < 4.78 is 1.78. The fraction of sp³-hybridized carbons (Fsp3) is 0.556. The maximum Gasteiger partial charge on any atom is 0.107 e. The summed E-state index contributed by atoms with van der Waals surface area (Å²) in [6, 6.07) is 2.06. The Morgan fingerprint density at radius 1 is 1.62 bits per heavy atom. The van der Waals surface area contributed by atoms with Gasteiger partial charge in [0.25, 0.3) is 0 Å². The van der Waals surface area contributed by atoms with Crippen molar-refractivity contribution >= 4 is 38.9 Å². The van der Waals surface area contributed by atoms with Crippen LogP contribution in [-0.4, -0.2) is 11.7 Å². The van der Waals surface area contributed by atoms with Gasteiger partial charge in [0, 0.05) is 16.0 Å². The van der Waals surface area contributed by atoms with Gasteiger partial charge in [-0.1, -0.05) is 11.6 Å². The molecule has 1 fully saturated rings. The second kappa shape index (κ2) is 3.54. The topological polar surface area (TPSA) is 20.2 Å². The van der Waals surface area contributed by atoms with E-state index in [1.807, 2.05) is 0 Å². The molecule has 0 amide bonds. The Hall–Kier alpha value is 0.430. The summed E-state index contributed by atoms with van der Waals surface area (Å²) in [5, 5.41) is 9.15. The Morgan fingerprint density at radius 3 is 2.69 bits per heavy atom. The third-order valence-electron chi connectivity index (χ3n) is 2.54. The van der Waals surface area contributed by atoms with Crippen LogP contribution < -0.4 is 0 Å². The lowest BCUT2D eigenvalue weighted by Gasteiger charge is -2.08. The smallest absolute Gasteiger partial charge is 0.107 e. The van der Waals surface area contributed by atoms with Crippen molar-refractivity contribution in [3.63, 3.8) is 0 Å². The zero-order valence-corrected chi connectivity index (χ0v) is 10.2. The monoisotopic (exact) mass is 280 g/mol. The van der Waals surface area contributed by atoms with Crippen LogP contribution >= 0.6 is 38.9 Å². The molecule has 0 aliphatic heterocycles. The molecule has 0 atom stereocenters. The average molecular weight is 282 g/mol. The summed E-state index contributed by atoms with van der Waals surface area (Å²) in [5.74, 6) is 0. The number of halogens is 2. The second-order valence-electron chi connectivity index (χ2n) is 3.67. The Balaban J connectivity index is 2.10. The summed E-state index contributed by atoms with van der Waals surface area (Å²) in [6.45, 7) is 0.306. The van der Waals surface area contributed by atoms with E-state index < -0.39 is 0 Å². The van der Waals surface area contributed by atoms with Gasteiger partial charge in [0.2, 0.25) is 0 Å². The molecule has 0 aromatic carbocycles. The molecule has 0 bridgehead atoms. The van der Waals surface area contributed by atoms with Crippen LogP contribution in [0.4, 0.5) is 0 Å². The third-order valence-corrected chi connectivity index (χ3v) is 5.01. The first kappa shape index (κ1) is 9.97. The van der Waals surface area contributed by atoms with E-state index >= 15 is 0 Å². The third kappa shape index (κ3) is 2.09. The molecule has 0 spiro atoms. The number of hydrogen-bond acceptors (Lipinski definition) is 2. The molecule has 13 heavy (non-hydrogen) atoms. The molecule has 1 aromatic heterocycles. The van der Waals surface area contributed by atoms with E-state index in [1.54, 1.807) is 11.3 Å². The lowest BCUT2D eigenvalue weighted by atomic mass is 10.0. The van der Waals surface area contributed by atoms with Crippen LogP contribution in [0.5, 0.6) is 0 Å². The zero-order chi connectivity index (χ0) is 9.47. The minimum Gasteiger partial charge on any atom is -0.396 e. The number of aliphatic hydroxyl groups is 1. The maximum absolute atomic E-state index is 9.15. The molecule has 1 aliphatic carbocycles. The molecule has 4 heteroatoms. The SMILES string of the molecule is OCC1(Cc2cc(Br)c(Cl)s2)CC1. The number of rotatable bonds is 3. The van der Waals surface area contributed by atoms with E-state index in [2.05, 4.69) is 22.0 Å². The van der Waals surface area contributed by atoms with Crippen molar-refractivity contribution in [3.8, 4) is 0 Å². The zero-order valence-electron chi connectivity index (χ0n) is 7.02. The molecule has 1 nitrogen and oxygen atoms in total. The summed E-state index contributed by atoms with van der Waals surface area (Å²) in [6.07, 6.45) is 3.27. The Kier molecular flexibility index (Phi) is 2.71. The van der Waals surface area contributed by atoms with Gasteiger partial charge in [0.15, 0.2) is 0 Å². The Labute approximate surface area is 94.9 Å². The van der Waals surface area contributed by atoms with Gasteiger partial charge in [-0.15, -0.1) is 11.3 Å². The highest BCUT2D eigenvalue weighted by molar-refractivity contribution is 9.10. The van der Waals surface area contributed by atoms with Crippen LogP contribution in [0.1, 0.15) is 17.7 Å². The normalized spacial score (nSPS) is 19.0. The maximum atomic E-state index is 9.15. The fourth-order valence-corrected chi connectivity index (χ4v) is 3.38. The molecule has 1 aliphatic rings. The van der Waals surface area contributed by atoms with E-state index in [4.69, 9.17) is 16.7 Å². The second-order valence-corrected chi connectivity index (χ2v) is 6.26. The van der Waals surface area contributed by atoms with Gasteiger partial charge in [-0.3, -0.25) is 0 Å². The lowest BCUT2D eigenvalue weighted by Crippen LogP contribution is -2.08. The van der Waals surface area contributed by atoms with Gasteiger partial charge < -0.3 is 5.11 Å². The van der Waals surface area contributed by atoms with Crippen LogP contribution in [0, 0.1) is 5.41 Å². The molecular weight excluding hydrogens is 272 g/mol. The average Bonchev–Trinajstić information content (AvgIpc) is 2.78. The fourth-order valence-electron chi connectivity index (χ4n) is 1.42. The van der Waals surface area contributed by atoms with Crippen molar-refractivity contribution in [2.45, 2.75) is 19.3 Å². The summed E-state index contributed by atoms with van der Waals surface area (Å²) in [4.78, 5) is 1.27. The molecule has 0 radical (unpaired) electrons. The first-order chi connectivity index (χ1) is 6.15. The summed E-state index contributed by atoms with van der Waals surface area (Å²) in [7, 11) is 0. The molecule has 1 aromatic rings. The van der Waals surface area contributed by atoms with E-state index in [1.165, 1.54) is 4.88 Å². The van der Waals surface area contributed by atoms with Gasteiger partial charge in [0.05, 0.1) is 0 Å². The highest BCUT2D eigenvalue weighted by Crippen LogP contribution is 2.49. The van der Waals surface area contributed by atoms with Gasteiger partial charge in [0.1, 0.15) is 4.34 Å². The van der Waals surface area contributed by atoms with Crippen LogP contribution in [0.3, 0.4) is 0 Å². The van der Waals surface area contributed by atoms with Gasteiger partial charge in [-0.25, -0.2) is 0 Å². The molecular formula is C9H10BrClOS. The molecule has 1 saturated carbocycles. The first-order valence-corrected chi connectivity index (χ1v) is 6.19. The summed E-state index contributed by atoms with van der Waals surface area (Å²) in [5.41, 5.74) is 0.188. The predicted molar refractivity (Wildman–Crippen MR) is 59.5 cm³/mol. The van der Waals surface area contributed by atoms with E-state index in [0.717, 1.165) is 28.1 Å². The lowest BCUT2D eigenvalue weighted by molar-refractivity contribution is 0.212. The highest BCUT2D eigenvalue weighted by Gasteiger charge is 2.42. The van der Waals surface area contributed by atoms with Crippen molar-refractivity contribution < 1.29 is 5.11 Å². The molecule has 0 unspecified atom stereocenters. The number of thiophene rings is 1. The van der Waals surface area contributed by atoms with Gasteiger partial charge in [-0.2, -0.15) is 0 Å². The van der Waals surface area contributed by atoms with Crippen LogP contribution in [0.25, 0.3) is 0 Å². The minimum atomic E-state index is 0.188. The number of aliphatic hydroxyl groups excluding tert-OH is 1. The van der Waals surface area contributed by atoms with E-state index in [0.29, 0.717) is 6.61 Å². The largest absolute Gasteiger partial charge is 0.396 e. The van der Waals surface area contributed by atoms with E-state index in [9.17, 15) is 0 Å². The van der Waals surface area contributed by atoms with Gasteiger partial charge in [-0.05, 0) is 46.7 Å². The van der Waals surface area contributed by atoms with Crippen LogP contribution in [0.2, 0.25) is 4.34 Å². The quantitative estimate of drug-likeness (QED) is 0.899. The van der Waals surface area contributed by atoms with Gasteiger partial charge >= 0.3 is 0 Å². The first-order valence-electron chi connectivity index (χ1n) is 4.20. The van der Waals surface area contributed by atoms with Crippen molar-refractivity contribution in [2.75, 3.05) is 6.61 Å². The minimum absolute atomic E-state index is 0.188. The molecule has 0 saturated heterocycles. The standard InChI is InChI=1S/C9H10BrClOS/c10-7-3-6(13-8(7)11)4-9(5-12)1-2-9/h3,12H,1-2,4-5H2. The predicted octanol–water partition coefficient (Wildman–Crippen LogP) is 3.48. The van der Waals surface area contributed by atoms with Crippen molar-refractivity contribution in [3.05, 3.63) is 19.8 Å². The Morgan fingerprint density at radius 2 is 2.31 bits per heavy atom. The summed E-state index contributed by atoms with van der Waals surface area (Å²) >= 11 is 10.9. The molecule has 2 rings (SSSR count). The van der Waals surface area contributed by atoms with Crippen molar-refractivity contribution in [1.82, 2.24) is 0 Å². The highest BCUT2D eigenvalue weighted by atomic mass is 79.9. The number of hydrogen-bond donors (Lipinski definition) is 1. The van der Waals surface area contributed by atoms with E-state index in [-0.39, 0.29) is 5.41 Å². The Bertz CT molecular complexity index is 300. The molecule has 1 N–H and O–H groups in total. The molecule has 1 heterocycles. The van der Waals surface area contributed by atoms with Crippen molar-refractivity contribution in [1.29, 1.82) is 0 Å². The molecule has 72 valence electrons. The van der Waals surface area contributed by atoms with Crippen LogP contribution in [-0.2, 0) is 6.42 Å². The van der Waals surface area contributed by atoms with Crippen molar-refractivity contribution in [2.24, 2.45) is 5.41 Å². The van der Waals surface area contributed by atoms with Crippen LogP contribution in [0.15, 0.2) is 10.5 Å².